The highest BCUT2D eigenvalue weighted by atomic mass is 35.5. The number of anilines is 2. The molecule has 2 N–H and O–H groups in total. The van der Waals surface area contributed by atoms with Crippen LogP contribution >= 0.6 is 11.6 Å². The summed E-state index contributed by atoms with van der Waals surface area (Å²) in [5.74, 6) is 1.65. The monoisotopic (exact) mass is 956 g/mol. The molecule has 6 aliphatic rings. The first-order valence-corrected chi connectivity index (χ1v) is 25.0. The Labute approximate surface area is 407 Å². The number of hydrogen-bond donors (Lipinski definition) is 2. The van der Waals surface area contributed by atoms with Gasteiger partial charge in [-0.25, -0.2) is 0 Å². The van der Waals surface area contributed by atoms with Crippen LogP contribution in [0.15, 0.2) is 65.5 Å². The Kier molecular flexibility index (Phi) is 12.4. The minimum Gasteiger partial charge on any atom is -0.489 e. The lowest BCUT2D eigenvalue weighted by atomic mass is 9.49. The molecule has 1 saturated carbocycles. The molecule has 4 aromatic rings. The molecule has 3 atom stereocenters. The van der Waals surface area contributed by atoms with E-state index in [1.54, 1.807) is 30.3 Å². The molecule has 6 heterocycles. The number of piperidine rings is 3. The number of hydrogen-bond acceptors (Lipinski definition) is 12. The third kappa shape index (κ3) is 8.92. The summed E-state index contributed by atoms with van der Waals surface area (Å²) >= 11 is 6.28. The fraction of sp³-hybridized carbons (Fsp3) is 0.538. The van der Waals surface area contributed by atoms with Crippen molar-refractivity contribution in [3.05, 3.63) is 87.2 Å². The summed E-state index contributed by atoms with van der Waals surface area (Å²) in [5.41, 5.74) is 2.40. The van der Waals surface area contributed by atoms with Crippen molar-refractivity contribution in [3.63, 3.8) is 0 Å². The van der Waals surface area contributed by atoms with Gasteiger partial charge in [0.2, 0.25) is 11.8 Å². The first-order chi connectivity index (χ1) is 33.1. The zero-order valence-electron chi connectivity index (χ0n) is 39.8. The van der Waals surface area contributed by atoms with Crippen LogP contribution in [0.1, 0.15) is 88.2 Å². The van der Waals surface area contributed by atoms with Crippen molar-refractivity contribution >= 4 is 57.5 Å². The fourth-order valence-corrected chi connectivity index (χ4v) is 13.0. The molecule has 3 unspecified atom stereocenters. The predicted octanol–water partition coefficient (Wildman–Crippen LogP) is 5.43. The number of aromatic nitrogens is 3. The van der Waals surface area contributed by atoms with Crippen molar-refractivity contribution in [1.82, 2.24) is 35.4 Å². The van der Waals surface area contributed by atoms with Crippen LogP contribution < -0.4 is 30.7 Å². The molecule has 10 rings (SSSR count). The molecule has 362 valence electrons. The molecule has 6 fully saturated rings. The van der Waals surface area contributed by atoms with Gasteiger partial charge in [0.1, 0.15) is 29.5 Å². The van der Waals surface area contributed by atoms with Crippen LogP contribution in [0.25, 0.3) is 10.9 Å². The minimum atomic E-state index is -0.876. The van der Waals surface area contributed by atoms with E-state index in [-0.39, 0.29) is 59.5 Å². The Balaban J connectivity index is 0.652. The molecular weight excluding hydrogens is 896 g/mol. The summed E-state index contributed by atoms with van der Waals surface area (Å²) in [5, 5.41) is 23.8. The van der Waals surface area contributed by atoms with Crippen molar-refractivity contribution in [1.29, 1.82) is 5.26 Å². The Bertz CT molecular complexity index is 2740. The molecule has 0 spiro atoms. The van der Waals surface area contributed by atoms with E-state index in [0.717, 1.165) is 87.6 Å². The van der Waals surface area contributed by atoms with Crippen LogP contribution in [-0.2, 0) is 14.4 Å². The molecule has 69 heavy (non-hydrogen) atoms. The number of halogens is 1. The second kappa shape index (κ2) is 18.4. The quantitative estimate of drug-likeness (QED) is 0.193. The van der Waals surface area contributed by atoms with Crippen LogP contribution in [0.2, 0.25) is 5.02 Å². The average molecular weight is 958 g/mol. The Morgan fingerprint density at radius 3 is 2.17 bits per heavy atom. The van der Waals surface area contributed by atoms with Gasteiger partial charge in [0.05, 0.1) is 16.0 Å². The van der Waals surface area contributed by atoms with Gasteiger partial charge in [-0.3, -0.25) is 29.3 Å². The van der Waals surface area contributed by atoms with E-state index in [9.17, 15) is 29.2 Å². The van der Waals surface area contributed by atoms with Gasteiger partial charge in [0.25, 0.3) is 17.4 Å². The molecule has 16 nitrogen and oxygen atoms in total. The highest BCUT2D eigenvalue weighted by Gasteiger charge is 2.64. The number of ether oxygens (including phenoxy) is 1. The molecule has 1 aliphatic carbocycles. The molecule has 4 amide bonds. The van der Waals surface area contributed by atoms with Crippen LogP contribution in [0.4, 0.5) is 11.4 Å². The van der Waals surface area contributed by atoms with E-state index >= 15 is 0 Å². The van der Waals surface area contributed by atoms with E-state index in [0.29, 0.717) is 63.6 Å². The van der Waals surface area contributed by atoms with Gasteiger partial charge in [-0.15, -0.1) is 5.10 Å². The minimum absolute atomic E-state index is 0.0205. The van der Waals surface area contributed by atoms with Gasteiger partial charge in [0, 0.05) is 111 Å². The number of carbonyl (C=O) groups excluding carboxylic acids is 4. The maximum Gasteiger partial charge on any atom is 0.278 e. The third-order valence-corrected chi connectivity index (χ3v) is 16.6. The summed E-state index contributed by atoms with van der Waals surface area (Å²) < 4.78 is 7.49. The summed E-state index contributed by atoms with van der Waals surface area (Å²) in [6.45, 7) is 16.7. The van der Waals surface area contributed by atoms with E-state index < -0.39 is 17.5 Å². The van der Waals surface area contributed by atoms with Gasteiger partial charge in [-0.2, -0.15) is 9.94 Å². The van der Waals surface area contributed by atoms with Crippen molar-refractivity contribution in [2.75, 3.05) is 68.7 Å². The topological polar surface area (TPSA) is 186 Å². The summed E-state index contributed by atoms with van der Waals surface area (Å²) in [6, 6.07) is 19.7. The number of nitriles is 1. The summed E-state index contributed by atoms with van der Waals surface area (Å²) in [7, 11) is 0. The molecule has 5 saturated heterocycles. The lowest BCUT2D eigenvalue weighted by Gasteiger charge is -2.63. The van der Waals surface area contributed by atoms with Gasteiger partial charge < -0.3 is 29.7 Å². The molecule has 17 heteroatoms. The van der Waals surface area contributed by atoms with Crippen molar-refractivity contribution in [3.8, 4) is 11.8 Å². The molecule has 3 aromatic carbocycles. The summed E-state index contributed by atoms with van der Waals surface area (Å²) in [6.07, 6.45) is 3.70. The van der Waals surface area contributed by atoms with Gasteiger partial charge in [0.15, 0.2) is 0 Å². The number of nitrogens with one attached hydrogen (secondary N) is 2. The van der Waals surface area contributed by atoms with Crippen molar-refractivity contribution in [2.45, 2.75) is 84.4 Å². The largest absolute Gasteiger partial charge is 0.489 e. The number of fused-ring (bicyclic) bond motifs is 2. The third-order valence-electron chi connectivity index (χ3n) is 16.3. The number of imide groups is 1. The number of nitrogens with zero attached hydrogens (tertiary/aromatic N) is 8. The normalized spacial score (nSPS) is 26.0. The highest BCUT2D eigenvalue weighted by Crippen LogP contribution is 2.55. The van der Waals surface area contributed by atoms with Crippen LogP contribution in [0.5, 0.6) is 5.75 Å². The van der Waals surface area contributed by atoms with Crippen molar-refractivity contribution in [2.24, 2.45) is 34.5 Å². The first kappa shape index (κ1) is 46.7. The van der Waals surface area contributed by atoms with Gasteiger partial charge >= 0.3 is 0 Å². The number of likely N-dealkylation sites (tertiary alicyclic amines) is 2. The molecule has 1 aromatic heterocycles. The van der Waals surface area contributed by atoms with Crippen LogP contribution in [-0.4, -0.2) is 119 Å². The fourth-order valence-electron chi connectivity index (χ4n) is 12.8. The van der Waals surface area contributed by atoms with Gasteiger partial charge in [-0.1, -0.05) is 44.5 Å². The molecule has 0 bridgehead atoms. The number of rotatable bonds is 10. The van der Waals surface area contributed by atoms with E-state index in [4.69, 9.17) is 16.3 Å². The molecule has 5 aliphatic heterocycles. The van der Waals surface area contributed by atoms with Crippen LogP contribution in [0.3, 0.4) is 0 Å². The molecule has 0 radical (unpaired) electrons. The summed E-state index contributed by atoms with van der Waals surface area (Å²) in [4.78, 5) is 74.4. The maximum absolute atomic E-state index is 13.8. The van der Waals surface area contributed by atoms with E-state index in [2.05, 4.69) is 86.4 Å². The van der Waals surface area contributed by atoms with Crippen molar-refractivity contribution < 1.29 is 23.9 Å². The standard InChI is InChI=1S/C52H61ClN10O6/c1-51(2)49(52(3,4)50(51)69-39-11-7-34(25-54)41(53)24-39)56-45(65)32-5-8-37(9-6-32)62-29-35-27-59(28-36(35)30-62)26-31-15-19-61(20-16-31)47(67)33-17-21-60(22-18-33)38-10-12-42-40(23-38)48(68)63(58-57-42)43-13-14-44(64)55-46(43)66/h5-12,23-24,31,33,35-36,43,49-50H,13-22,26-30H2,1-4H3,(H,56,65)(H,55,64,66). The zero-order chi connectivity index (χ0) is 48.4. The Morgan fingerprint density at radius 2 is 1.52 bits per heavy atom. The number of benzene rings is 3. The number of carbonyl (C=O) groups is 4. The SMILES string of the molecule is CC1(C)C(NC(=O)c2ccc(N3CC4CN(CC5CCN(C(=O)C6CCN(c7ccc8nnn(C9CCC(=O)NC9=O)c(=O)c8c7)CC6)CC5)CC4C3)cc2)C(C)(C)C1Oc1ccc(C#N)c(Cl)c1. The maximum atomic E-state index is 13.8. The Hall–Kier alpha value is -6.05. The van der Waals surface area contributed by atoms with Crippen LogP contribution in [0, 0.1) is 45.8 Å². The van der Waals surface area contributed by atoms with E-state index in [1.807, 2.05) is 18.2 Å². The average Bonchev–Trinajstić information content (AvgIpc) is 3.92. The first-order valence-electron chi connectivity index (χ1n) is 24.6. The smallest absolute Gasteiger partial charge is 0.278 e. The second-order valence-electron chi connectivity index (χ2n) is 21.5. The van der Waals surface area contributed by atoms with E-state index in [1.165, 1.54) is 0 Å². The van der Waals surface area contributed by atoms with Gasteiger partial charge in [-0.05, 0) is 104 Å². The second-order valence-corrected chi connectivity index (χ2v) is 21.9. The Morgan fingerprint density at radius 1 is 0.841 bits per heavy atom. The lowest BCUT2D eigenvalue weighted by Crippen LogP contribution is -2.74. The molecular formula is C52H61ClN10O6. The number of amides is 4. The predicted molar refractivity (Wildman–Crippen MR) is 261 cm³/mol. The lowest BCUT2D eigenvalue weighted by molar-refractivity contribution is -0.164. The highest BCUT2D eigenvalue weighted by molar-refractivity contribution is 6.31. The zero-order valence-corrected chi connectivity index (χ0v) is 40.6.